The van der Waals surface area contributed by atoms with Crippen molar-refractivity contribution in [2.45, 2.75) is 11.7 Å². The summed E-state index contributed by atoms with van der Waals surface area (Å²) in [6.45, 7) is 0.202. The van der Waals surface area contributed by atoms with E-state index in [1.165, 1.54) is 13.3 Å². The van der Waals surface area contributed by atoms with Crippen molar-refractivity contribution < 1.29 is 13.2 Å². The first-order chi connectivity index (χ1) is 6.49. The van der Waals surface area contributed by atoms with Crippen LogP contribution < -0.4 is 10.5 Å². The molecule has 0 unspecified atom stereocenters. The maximum Gasteiger partial charge on any atom is 0.250 e. The second-order valence-corrected chi connectivity index (χ2v) is 4.57. The van der Waals surface area contributed by atoms with Crippen molar-refractivity contribution in [1.82, 2.24) is 9.97 Å². The lowest BCUT2D eigenvalue weighted by atomic mass is 10.3. The second kappa shape index (κ2) is 3.89. The maximum atomic E-state index is 11.1. The molecule has 0 aliphatic rings. The molecule has 1 aromatic heterocycles. The topological polar surface area (TPSA) is 95.2 Å². The number of nitrogens with zero attached hydrogens (tertiary/aromatic N) is 2. The Morgan fingerprint density at radius 1 is 1.57 bits per heavy atom. The SMILES string of the molecule is COc1nc(S(C)(=O)=O)ncc1CN. The highest BCUT2D eigenvalue weighted by atomic mass is 32.2. The Hall–Kier alpha value is -1.21. The summed E-state index contributed by atoms with van der Waals surface area (Å²) in [6.07, 6.45) is 2.38. The van der Waals surface area contributed by atoms with Gasteiger partial charge in [0.2, 0.25) is 20.9 Å². The zero-order chi connectivity index (χ0) is 10.8. The summed E-state index contributed by atoms with van der Waals surface area (Å²) in [7, 11) is -2.01. The van der Waals surface area contributed by atoms with Gasteiger partial charge < -0.3 is 10.5 Å². The molecule has 1 aromatic rings. The lowest BCUT2D eigenvalue weighted by Crippen LogP contribution is -2.09. The summed E-state index contributed by atoms with van der Waals surface area (Å²) in [5.41, 5.74) is 5.95. The average molecular weight is 217 g/mol. The van der Waals surface area contributed by atoms with E-state index < -0.39 is 9.84 Å². The molecule has 0 spiro atoms. The molecule has 1 rings (SSSR count). The number of rotatable bonds is 3. The lowest BCUT2D eigenvalue weighted by molar-refractivity contribution is 0.385. The highest BCUT2D eigenvalue weighted by Gasteiger charge is 2.14. The first-order valence-electron chi connectivity index (χ1n) is 3.79. The summed E-state index contributed by atoms with van der Waals surface area (Å²) in [5, 5.41) is -0.258. The van der Waals surface area contributed by atoms with Crippen LogP contribution in [0.25, 0.3) is 0 Å². The van der Waals surface area contributed by atoms with E-state index in [9.17, 15) is 8.42 Å². The normalized spacial score (nSPS) is 11.4. The van der Waals surface area contributed by atoms with E-state index in [1.54, 1.807) is 0 Å². The molecule has 0 saturated heterocycles. The van der Waals surface area contributed by atoms with E-state index in [2.05, 4.69) is 9.97 Å². The van der Waals surface area contributed by atoms with Gasteiger partial charge in [-0.3, -0.25) is 0 Å². The Bertz CT molecular complexity index is 430. The van der Waals surface area contributed by atoms with Crippen molar-refractivity contribution in [2.75, 3.05) is 13.4 Å². The molecule has 0 fully saturated rings. The molecular formula is C7H11N3O3S. The zero-order valence-corrected chi connectivity index (χ0v) is 8.71. The van der Waals surface area contributed by atoms with Gasteiger partial charge >= 0.3 is 0 Å². The van der Waals surface area contributed by atoms with Crippen molar-refractivity contribution in [3.05, 3.63) is 11.8 Å². The summed E-state index contributed by atoms with van der Waals surface area (Å²) in [5.74, 6) is 0.197. The van der Waals surface area contributed by atoms with Gasteiger partial charge in [0.05, 0.1) is 7.11 Å². The van der Waals surface area contributed by atoms with E-state index in [4.69, 9.17) is 10.5 Å². The van der Waals surface area contributed by atoms with Gasteiger partial charge in [-0.15, -0.1) is 0 Å². The molecule has 78 valence electrons. The van der Waals surface area contributed by atoms with Crippen LogP contribution in [0, 0.1) is 0 Å². The van der Waals surface area contributed by atoms with Crippen molar-refractivity contribution in [2.24, 2.45) is 5.73 Å². The third-order valence-corrected chi connectivity index (χ3v) is 2.41. The van der Waals surface area contributed by atoms with Crippen LogP contribution in [0.3, 0.4) is 0 Å². The second-order valence-electron chi connectivity index (χ2n) is 2.66. The van der Waals surface area contributed by atoms with Crippen LogP contribution in [0.5, 0.6) is 5.88 Å². The lowest BCUT2D eigenvalue weighted by Gasteiger charge is -2.05. The Kier molecular flexibility index (Phi) is 3.02. The standard InChI is InChI=1S/C7H11N3O3S/c1-13-6-5(3-8)4-9-7(10-6)14(2,11)12/h4H,3,8H2,1-2H3. The largest absolute Gasteiger partial charge is 0.481 e. The minimum absolute atomic E-state index is 0.197. The van der Waals surface area contributed by atoms with Gasteiger partial charge in [-0.05, 0) is 0 Å². The van der Waals surface area contributed by atoms with E-state index >= 15 is 0 Å². The fourth-order valence-electron chi connectivity index (χ4n) is 0.871. The fourth-order valence-corrected chi connectivity index (χ4v) is 1.36. The number of hydrogen-bond acceptors (Lipinski definition) is 6. The van der Waals surface area contributed by atoms with Gasteiger partial charge in [0.25, 0.3) is 0 Å². The summed E-state index contributed by atoms with van der Waals surface area (Å²) < 4.78 is 27.1. The summed E-state index contributed by atoms with van der Waals surface area (Å²) >= 11 is 0. The molecule has 2 N–H and O–H groups in total. The van der Waals surface area contributed by atoms with Crippen molar-refractivity contribution in [1.29, 1.82) is 0 Å². The molecule has 0 radical (unpaired) electrons. The Labute approximate surface area is 82.0 Å². The predicted octanol–water partition coefficient (Wildman–Crippen LogP) is -0.653. The van der Waals surface area contributed by atoms with Crippen LogP contribution in [0.4, 0.5) is 0 Å². The van der Waals surface area contributed by atoms with Crippen LogP contribution in [-0.2, 0) is 16.4 Å². The van der Waals surface area contributed by atoms with E-state index in [1.807, 2.05) is 0 Å². The molecule has 0 atom stereocenters. The van der Waals surface area contributed by atoms with E-state index in [0.29, 0.717) is 5.56 Å². The van der Waals surface area contributed by atoms with Gasteiger partial charge in [-0.25, -0.2) is 13.4 Å². The van der Waals surface area contributed by atoms with Crippen molar-refractivity contribution in [3.63, 3.8) is 0 Å². The zero-order valence-electron chi connectivity index (χ0n) is 7.89. The number of methoxy groups -OCH3 is 1. The predicted molar refractivity (Wildman–Crippen MR) is 49.6 cm³/mol. The molecule has 14 heavy (non-hydrogen) atoms. The van der Waals surface area contributed by atoms with E-state index in [0.717, 1.165) is 6.26 Å². The van der Waals surface area contributed by atoms with Crippen molar-refractivity contribution >= 4 is 9.84 Å². The van der Waals surface area contributed by atoms with Gasteiger partial charge in [-0.1, -0.05) is 0 Å². The average Bonchev–Trinajstić information content (AvgIpc) is 2.15. The Balaban J connectivity index is 3.28. The molecule has 7 heteroatoms. The molecule has 0 aliphatic heterocycles. The molecule has 0 bridgehead atoms. The smallest absolute Gasteiger partial charge is 0.250 e. The number of hydrogen-bond donors (Lipinski definition) is 1. The van der Waals surface area contributed by atoms with Gasteiger partial charge in [0, 0.05) is 24.6 Å². The number of aromatic nitrogens is 2. The van der Waals surface area contributed by atoms with Crippen LogP contribution in [0.15, 0.2) is 11.4 Å². The molecule has 1 heterocycles. The quantitative estimate of drug-likeness (QED) is 0.676. The molecule has 0 aliphatic carbocycles. The number of sulfone groups is 1. The number of ether oxygens (including phenoxy) is 1. The minimum atomic E-state index is -3.40. The Morgan fingerprint density at radius 2 is 2.21 bits per heavy atom. The molecular weight excluding hydrogens is 206 g/mol. The first-order valence-corrected chi connectivity index (χ1v) is 5.68. The van der Waals surface area contributed by atoms with Crippen LogP contribution in [0.2, 0.25) is 0 Å². The van der Waals surface area contributed by atoms with Crippen LogP contribution >= 0.6 is 0 Å². The number of nitrogens with two attached hydrogens (primary N) is 1. The third kappa shape index (κ3) is 2.18. The summed E-state index contributed by atoms with van der Waals surface area (Å²) in [6, 6.07) is 0. The Morgan fingerprint density at radius 3 is 2.64 bits per heavy atom. The highest BCUT2D eigenvalue weighted by molar-refractivity contribution is 7.90. The highest BCUT2D eigenvalue weighted by Crippen LogP contribution is 2.14. The van der Waals surface area contributed by atoms with Crippen LogP contribution in [0.1, 0.15) is 5.56 Å². The monoisotopic (exact) mass is 217 g/mol. The van der Waals surface area contributed by atoms with Crippen molar-refractivity contribution in [3.8, 4) is 5.88 Å². The van der Waals surface area contributed by atoms with Gasteiger partial charge in [-0.2, -0.15) is 4.98 Å². The molecule has 0 aromatic carbocycles. The fraction of sp³-hybridized carbons (Fsp3) is 0.429. The van der Waals surface area contributed by atoms with Gasteiger partial charge in [0.15, 0.2) is 0 Å². The van der Waals surface area contributed by atoms with Gasteiger partial charge in [0.1, 0.15) is 0 Å². The maximum absolute atomic E-state index is 11.1. The molecule has 6 nitrogen and oxygen atoms in total. The minimum Gasteiger partial charge on any atom is -0.481 e. The molecule has 0 saturated carbocycles. The summed E-state index contributed by atoms with van der Waals surface area (Å²) in [4.78, 5) is 7.40. The van der Waals surface area contributed by atoms with E-state index in [-0.39, 0.29) is 17.6 Å². The van der Waals surface area contributed by atoms with Crippen LogP contribution in [-0.4, -0.2) is 31.8 Å². The third-order valence-electron chi connectivity index (χ3n) is 1.55. The molecule has 0 amide bonds. The first kappa shape index (κ1) is 10.9.